The lowest BCUT2D eigenvalue weighted by molar-refractivity contribution is -0.134. The van der Waals surface area contributed by atoms with Gasteiger partial charge < -0.3 is 5.11 Å². The Labute approximate surface area is 148 Å². The van der Waals surface area contributed by atoms with Crippen molar-refractivity contribution in [2.75, 3.05) is 5.01 Å². The average Bonchev–Trinajstić information content (AvgIpc) is 2.94. The maximum atomic E-state index is 12.4. The first-order valence-corrected chi connectivity index (χ1v) is 7.51. The van der Waals surface area contributed by atoms with Gasteiger partial charge in [-0.25, -0.2) is 15.5 Å². The zero-order chi connectivity index (χ0) is 18.6. The molecule has 2 aromatic carbocycles. The van der Waals surface area contributed by atoms with Crippen LogP contribution in [0, 0.1) is 0 Å². The van der Waals surface area contributed by atoms with E-state index in [4.69, 9.17) is 27.3 Å². The van der Waals surface area contributed by atoms with Crippen LogP contribution in [0.1, 0.15) is 17.3 Å². The quantitative estimate of drug-likeness (QED) is 0.411. The van der Waals surface area contributed by atoms with Crippen molar-refractivity contribution in [2.45, 2.75) is 6.92 Å². The summed E-state index contributed by atoms with van der Waals surface area (Å²) in [5, 5.41) is 17.0. The minimum Gasteiger partial charge on any atom is -0.481 e. The lowest BCUT2D eigenvalue weighted by Crippen LogP contribution is -2.37. The molecule has 1 heterocycles. The number of carboxylic acids is 1. The molecule has 0 aliphatic heterocycles. The van der Waals surface area contributed by atoms with E-state index in [1.54, 1.807) is 54.2 Å². The number of aliphatic carboxylic acids is 1. The Morgan fingerprint density at radius 1 is 1.20 bits per heavy atom. The van der Waals surface area contributed by atoms with Crippen LogP contribution in [0.25, 0.3) is 11.0 Å². The van der Waals surface area contributed by atoms with Gasteiger partial charge in [0, 0.05) is 24.6 Å². The summed E-state index contributed by atoms with van der Waals surface area (Å²) in [4.78, 5) is 21.4. The van der Waals surface area contributed by atoms with E-state index >= 15 is 0 Å². The molecular formula is C16H16ClN5O3. The Morgan fingerprint density at radius 3 is 2.40 bits per heavy atom. The van der Waals surface area contributed by atoms with Crippen molar-refractivity contribution in [3.8, 4) is 0 Å². The van der Waals surface area contributed by atoms with Crippen molar-refractivity contribution in [1.29, 1.82) is 0 Å². The van der Waals surface area contributed by atoms with E-state index in [0.717, 1.165) is 23.0 Å². The molecule has 130 valence electrons. The lowest BCUT2D eigenvalue weighted by Gasteiger charge is -2.16. The molecule has 0 unspecified atom stereocenters. The third-order valence-electron chi connectivity index (χ3n) is 3.18. The second kappa shape index (κ2) is 7.73. The van der Waals surface area contributed by atoms with Gasteiger partial charge in [0.15, 0.2) is 0 Å². The van der Waals surface area contributed by atoms with Gasteiger partial charge in [-0.05, 0) is 42.5 Å². The van der Waals surface area contributed by atoms with Crippen LogP contribution in [0.4, 0.5) is 5.69 Å². The monoisotopic (exact) mass is 361 g/mol. The summed E-state index contributed by atoms with van der Waals surface area (Å²) >= 11 is 5.82. The Balaban J connectivity index is 0.000000511. The Kier molecular flexibility index (Phi) is 5.68. The fourth-order valence-electron chi connectivity index (χ4n) is 2.02. The Bertz CT molecular complexity index is 904. The summed E-state index contributed by atoms with van der Waals surface area (Å²) < 4.78 is 1.61. The van der Waals surface area contributed by atoms with Gasteiger partial charge >= 0.3 is 0 Å². The average molecular weight is 362 g/mol. The molecular weight excluding hydrogens is 346 g/mol. The van der Waals surface area contributed by atoms with Crippen molar-refractivity contribution in [1.82, 2.24) is 15.0 Å². The number of carbonyl (C=O) groups excluding carboxylic acids is 1. The number of rotatable bonds is 2. The molecule has 0 aliphatic carbocycles. The summed E-state index contributed by atoms with van der Waals surface area (Å²) in [6.45, 7) is 1.08. The van der Waals surface area contributed by atoms with E-state index in [1.165, 1.54) is 0 Å². The number of hydrogen-bond acceptors (Lipinski definition) is 5. The molecule has 1 amide bonds. The maximum absolute atomic E-state index is 12.4. The number of hydrogen-bond donors (Lipinski definition) is 2. The second-order valence-corrected chi connectivity index (χ2v) is 5.52. The molecule has 9 heteroatoms. The van der Waals surface area contributed by atoms with E-state index in [0.29, 0.717) is 16.3 Å². The lowest BCUT2D eigenvalue weighted by atomic mass is 10.1. The second-order valence-electron chi connectivity index (χ2n) is 5.09. The normalized spacial score (nSPS) is 10.1. The molecule has 3 N–H and O–H groups in total. The molecule has 0 atom stereocenters. The van der Waals surface area contributed by atoms with Gasteiger partial charge in [-0.2, -0.15) is 0 Å². The summed E-state index contributed by atoms with van der Waals surface area (Å²) in [6, 6.07) is 11.9. The highest BCUT2D eigenvalue weighted by Crippen LogP contribution is 2.19. The Hall–Kier alpha value is -2.97. The molecule has 0 saturated heterocycles. The number of anilines is 1. The summed E-state index contributed by atoms with van der Waals surface area (Å²) in [7, 11) is 1.77. The number of halogens is 1. The van der Waals surface area contributed by atoms with Gasteiger partial charge in [0.25, 0.3) is 11.9 Å². The highest BCUT2D eigenvalue weighted by Gasteiger charge is 2.15. The van der Waals surface area contributed by atoms with E-state index in [1.807, 2.05) is 0 Å². The topological polar surface area (TPSA) is 114 Å². The van der Waals surface area contributed by atoms with Crippen LogP contribution in [-0.4, -0.2) is 32.0 Å². The van der Waals surface area contributed by atoms with Crippen molar-refractivity contribution >= 4 is 40.2 Å². The van der Waals surface area contributed by atoms with Crippen LogP contribution in [-0.2, 0) is 11.8 Å². The smallest absolute Gasteiger partial charge is 0.300 e. The summed E-state index contributed by atoms with van der Waals surface area (Å²) in [6.07, 6.45) is 0. The van der Waals surface area contributed by atoms with Gasteiger partial charge in [-0.15, -0.1) is 5.10 Å². The van der Waals surface area contributed by atoms with Crippen LogP contribution < -0.4 is 10.9 Å². The maximum Gasteiger partial charge on any atom is 0.300 e. The zero-order valence-corrected chi connectivity index (χ0v) is 14.3. The summed E-state index contributed by atoms with van der Waals surface area (Å²) in [5.74, 6) is 4.73. The molecule has 3 aromatic rings. The van der Waals surface area contributed by atoms with Crippen molar-refractivity contribution in [3.05, 3.63) is 53.1 Å². The zero-order valence-electron chi connectivity index (χ0n) is 13.5. The third-order valence-corrected chi connectivity index (χ3v) is 3.43. The minimum absolute atomic E-state index is 0.319. The van der Waals surface area contributed by atoms with Gasteiger partial charge in [-0.1, -0.05) is 16.8 Å². The molecule has 25 heavy (non-hydrogen) atoms. The standard InChI is InChI=1S/C14H12ClN5O.C2H4O2/c1-19-13-8-9(2-7-12(13)17-18-19)14(21)20(16)11-5-3-10(15)4-6-11;1-2(3)4/h2-8H,16H2,1H3;1H3,(H,3,4). The van der Waals surface area contributed by atoms with Crippen LogP contribution in [0.15, 0.2) is 42.5 Å². The predicted molar refractivity (Wildman–Crippen MR) is 94.3 cm³/mol. The number of nitrogens with zero attached hydrogens (tertiary/aromatic N) is 4. The largest absolute Gasteiger partial charge is 0.481 e. The number of aromatic nitrogens is 3. The van der Waals surface area contributed by atoms with Gasteiger partial charge in [0.1, 0.15) is 5.52 Å². The number of amides is 1. The third kappa shape index (κ3) is 4.52. The van der Waals surface area contributed by atoms with E-state index in [9.17, 15) is 4.79 Å². The number of fused-ring (bicyclic) bond motifs is 1. The number of benzene rings is 2. The molecule has 0 aliphatic rings. The van der Waals surface area contributed by atoms with Crippen molar-refractivity contribution in [2.24, 2.45) is 12.9 Å². The van der Waals surface area contributed by atoms with Gasteiger partial charge in [-0.3, -0.25) is 9.59 Å². The number of carboxylic acid groups (broad SMARTS) is 1. The molecule has 0 spiro atoms. The Morgan fingerprint density at radius 2 is 1.80 bits per heavy atom. The van der Waals surface area contributed by atoms with Crippen molar-refractivity contribution in [3.63, 3.8) is 0 Å². The predicted octanol–water partition coefficient (Wildman–Crippen LogP) is 2.23. The van der Waals surface area contributed by atoms with Crippen LogP contribution in [0.5, 0.6) is 0 Å². The molecule has 0 fully saturated rings. The minimum atomic E-state index is -0.833. The fourth-order valence-corrected chi connectivity index (χ4v) is 2.15. The van der Waals surface area contributed by atoms with E-state index < -0.39 is 5.97 Å². The molecule has 1 aromatic heterocycles. The SMILES string of the molecule is CC(=O)O.Cn1nnc2ccc(C(=O)N(N)c3ccc(Cl)cc3)cc21. The highest BCUT2D eigenvalue weighted by molar-refractivity contribution is 6.30. The van der Waals surface area contributed by atoms with Crippen LogP contribution in [0.3, 0.4) is 0 Å². The molecule has 3 rings (SSSR count). The first-order valence-electron chi connectivity index (χ1n) is 7.13. The van der Waals surface area contributed by atoms with Crippen molar-refractivity contribution < 1.29 is 14.7 Å². The first-order chi connectivity index (χ1) is 11.8. The number of hydrazine groups is 1. The van der Waals surface area contributed by atoms with Gasteiger partial charge in [0.05, 0.1) is 11.2 Å². The highest BCUT2D eigenvalue weighted by atomic mass is 35.5. The van der Waals surface area contributed by atoms with Crippen LogP contribution >= 0.6 is 11.6 Å². The van der Waals surface area contributed by atoms with Crippen LogP contribution in [0.2, 0.25) is 5.02 Å². The molecule has 0 saturated carbocycles. The fraction of sp³-hybridized carbons (Fsp3) is 0.125. The van der Waals surface area contributed by atoms with Gasteiger partial charge in [0.2, 0.25) is 0 Å². The number of carbonyl (C=O) groups is 2. The number of nitrogens with two attached hydrogens (primary N) is 1. The summed E-state index contributed by atoms with van der Waals surface area (Å²) in [5.41, 5.74) is 2.52. The number of aryl methyl sites for hydroxylation is 1. The molecule has 0 radical (unpaired) electrons. The first kappa shape index (κ1) is 18.4. The van der Waals surface area contributed by atoms with E-state index in [-0.39, 0.29) is 5.91 Å². The molecule has 8 nitrogen and oxygen atoms in total. The molecule has 0 bridgehead atoms. The van der Waals surface area contributed by atoms with E-state index in [2.05, 4.69) is 10.3 Å².